The zero-order valence-corrected chi connectivity index (χ0v) is 12.3. The van der Waals surface area contributed by atoms with Crippen molar-refractivity contribution in [3.8, 4) is 0 Å². The van der Waals surface area contributed by atoms with Gasteiger partial charge in [-0.3, -0.25) is 14.9 Å². The van der Waals surface area contributed by atoms with E-state index in [1.165, 1.54) is 12.1 Å². The van der Waals surface area contributed by atoms with Crippen LogP contribution < -0.4 is 10.6 Å². The van der Waals surface area contributed by atoms with Gasteiger partial charge >= 0.3 is 0 Å². The maximum atomic E-state index is 11.9. The van der Waals surface area contributed by atoms with E-state index in [0.717, 1.165) is 12.8 Å². The van der Waals surface area contributed by atoms with Crippen LogP contribution >= 0.6 is 0 Å². The Kier molecular flexibility index (Phi) is 7.17. The number of hydrogen-bond acceptors (Lipinski definition) is 5. The normalized spacial score (nSPS) is 10.2. The molecule has 0 spiro atoms. The number of hydrogen-bond donors (Lipinski definition) is 2. The second kappa shape index (κ2) is 8.91. The lowest BCUT2D eigenvalue weighted by Gasteiger charge is -2.07. The smallest absolute Gasteiger partial charge is 0.293 e. The molecule has 0 unspecified atom stereocenters. The van der Waals surface area contributed by atoms with Gasteiger partial charge in [-0.1, -0.05) is 13.3 Å². The average molecular weight is 295 g/mol. The minimum atomic E-state index is -0.517. The molecule has 0 saturated carbocycles. The standard InChI is InChI=1S/C14H21N3O4/c1-3-4-8-21-9-7-16-14(18)11-5-6-12(15-2)13(10-11)17(19)20/h5-6,10,15H,3-4,7-9H2,1-2H3,(H,16,18). The maximum absolute atomic E-state index is 11.9. The van der Waals surface area contributed by atoms with Gasteiger partial charge in [0.2, 0.25) is 0 Å². The molecule has 1 rings (SSSR count). The van der Waals surface area contributed by atoms with Crippen molar-refractivity contribution in [2.75, 3.05) is 32.1 Å². The van der Waals surface area contributed by atoms with Crippen LogP contribution in [0.2, 0.25) is 0 Å². The molecular formula is C14H21N3O4. The molecule has 0 radical (unpaired) electrons. The van der Waals surface area contributed by atoms with Crippen LogP contribution in [0.25, 0.3) is 0 Å². The molecule has 7 heteroatoms. The predicted octanol–water partition coefficient (Wildman–Crippen LogP) is 2.18. The van der Waals surface area contributed by atoms with Crippen molar-refractivity contribution in [2.24, 2.45) is 0 Å². The van der Waals surface area contributed by atoms with Crippen molar-refractivity contribution in [3.05, 3.63) is 33.9 Å². The Labute approximate surface area is 123 Å². The predicted molar refractivity (Wildman–Crippen MR) is 80.7 cm³/mol. The highest BCUT2D eigenvalue weighted by molar-refractivity contribution is 5.95. The first-order chi connectivity index (χ1) is 10.1. The Morgan fingerprint density at radius 3 is 2.76 bits per heavy atom. The molecule has 0 heterocycles. The molecular weight excluding hydrogens is 274 g/mol. The summed E-state index contributed by atoms with van der Waals surface area (Å²) in [4.78, 5) is 22.3. The number of nitro groups is 1. The molecule has 7 nitrogen and oxygen atoms in total. The third-order valence-electron chi connectivity index (χ3n) is 2.90. The molecule has 2 N–H and O–H groups in total. The number of nitrogens with zero attached hydrogens (tertiary/aromatic N) is 1. The summed E-state index contributed by atoms with van der Waals surface area (Å²) in [5.74, 6) is -0.347. The van der Waals surface area contributed by atoms with E-state index in [2.05, 4.69) is 17.6 Å². The highest BCUT2D eigenvalue weighted by Crippen LogP contribution is 2.24. The van der Waals surface area contributed by atoms with Crippen molar-refractivity contribution in [3.63, 3.8) is 0 Å². The summed E-state index contributed by atoms with van der Waals surface area (Å²) in [6.45, 7) is 3.56. The van der Waals surface area contributed by atoms with Crippen LogP contribution in [-0.4, -0.2) is 37.6 Å². The quantitative estimate of drug-likeness (QED) is 0.414. The number of anilines is 1. The van der Waals surface area contributed by atoms with Crippen LogP contribution in [0.3, 0.4) is 0 Å². The number of carbonyl (C=O) groups excluding carboxylic acids is 1. The fourth-order valence-electron chi connectivity index (χ4n) is 1.72. The lowest BCUT2D eigenvalue weighted by atomic mass is 10.1. The van der Waals surface area contributed by atoms with Crippen LogP contribution in [-0.2, 0) is 4.74 Å². The van der Waals surface area contributed by atoms with Crippen LogP contribution in [0.15, 0.2) is 18.2 Å². The van der Waals surface area contributed by atoms with Crippen molar-refractivity contribution in [2.45, 2.75) is 19.8 Å². The van der Waals surface area contributed by atoms with E-state index in [1.807, 2.05) is 0 Å². The molecule has 0 bridgehead atoms. The number of carbonyl (C=O) groups is 1. The van der Waals surface area contributed by atoms with Gasteiger partial charge in [-0.25, -0.2) is 0 Å². The molecule has 21 heavy (non-hydrogen) atoms. The van der Waals surface area contributed by atoms with Crippen molar-refractivity contribution >= 4 is 17.3 Å². The SMILES string of the molecule is CCCCOCCNC(=O)c1ccc(NC)c([N+](=O)[O-])c1. The molecule has 116 valence electrons. The number of nitro benzene ring substituents is 1. The minimum absolute atomic E-state index is 0.121. The first kappa shape index (κ1) is 16.9. The Bertz CT molecular complexity index is 491. The monoisotopic (exact) mass is 295 g/mol. The fraction of sp³-hybridized carbons (Fsp3) is 0.500. The zero-order valence-electron chi connectivity index (χ0n) is 12.3. The summed E-state index contributed by atoms with van der Waals surface area (Å²) in [7, 11) is 1.59. The van der Waals surface area contributed by atoms with Gasteiger partial charge in [0.1, 0.15) is 5.69 Å². The molecule has 0 aliphatic heterocycles. The van der Waals surface area contributed by atoms with Gasteiger partial charge in [-0.15, -0.1) is 0 Å². The molecule has 0 fully saturated rings. The summed E-state index contributed by atoms with van der Waals surface area (Å²) in [6.07, 6.45) is 2.06. The van der Waals surface area contributed by atoms with E-state index >= 15 is 0 Å². The second-order valence-corrected chi connectivity index (χ2v) is 4.46. The maximum Gasteiger partial charge on any atom is 0.293 e. The molecule has 0 saturated heterocycles. The largest absolute Gasteiger partial charge is 0.383 e. The van der Waals surface area contributed by atoms with E-state index in [4.69, 9.17) is 4.74 Å². The third kappa shape index (κ3) is 5.39. The van der Waals surface area contributed by atoms with Crippen LogP contribution in [0.5, 0.6) is 0 Å². The lowest BCUT2D eigenvalue weighted by molar-refractivity contribution is -0.384. The van der Waals surface area contributed by atoms with E-state index in [-0.39, 0.29) is 17.2 Å². The summed E-state index contributed by atoms with van der Waals surface area (Å²) in [6, 6.07) is 4.33. The first-order valence-corrected chi connectivity index (χ1v) is 6.92. The summed E-state index contributed by atoms with van der Waals surface area (Å²) < 4.78 is 5.33. The van der Waals surface area contributed by atoms with E-state index < -0.39 is 4.92 Å². The molecule has 0 aliphatic carbocycles. The van der Waals surface area contributed by atoms with Crippen LogP contribution in [0.1, 0.15) is 30.1 Å². The highest BCUT2D eigenvalue weighted by Gasteiger charge is 2.16. The number of benzene rings is 1. The minimum Gasteiger partial charge on any atom is -0.383 e. The topological polar surface area (TPSA) is 93.5 Å². The average Bonchev–Trinajstić information content (AvgIpc) is 2.49. The van der Waals surface area contributed by atoms with Crippen molar-refractivity contribution < 1.29 is 14.5 Å². The van der Waals surface area contributed by atoms with E-state index in [1.54, 1.807) is 13.1 Å². The molecule has 1 amide bonds. The summed E-state index contributed by atoms with van der Waals surface area (Å²) in [5, 5.41) is 16.3. The molecule has 1 aromatic rings. The van der Waals surface area contributed by atoms with Gasteiger partial charge in [-0.05, 0) is 18.6 Å². The van der Waals surface area contributed by atoms with E-state index in [0.29, 0.717) is 25.4 Å². The number of ether oxygens (including phenoxy) is 1. The highest BCUT2D eigenvalue weighted by atomic mass is 16.6. The Morgan fingerprint density at radius 1 is 1.38 bits per heavy atom. The number of amides is 1. The Balaban J connectivity index is 2.54. The third-order valence-corrected chi connectivity index (χ3v) is 2.90. The van der Waals surface area contributed by atoms with Crippen molar-refractivity contribution in [1.29, 1.82) is 0 Å². The second-order valence-electron chi connectivity index (χ2n) is 4.46. The van der Waals surface area contributed by atoms with Crippen LogP contribution in [0, 0.1) is 10.1 Å². The summed E-state index contributed by atoms with van der Waals surface area (Å²) >= 11 is 0. The molecule has 1 aromatic carbocycles. The fourth-order valence-corrected chi connectivity index (χ4v) is 1.72. The number of nitrogens with one attached hydrogen (secondary N) is 2. The lowest BCUT2D eigenvalue weighted by Crippen LogP contribution is -2.27. The van der Waals surface area contributed by atoms with Gasteiger partial charge in [0.25, 0.3) is 11.6 Å². The zero-order chi connectivity index (χ0) is 15.7. The van der Waals surface area contributed by atoms with Crippen molar-refractivity contribution in [1.82, 2.24) is 5.32 Å². The van der Waals surface area contributed by atoms with Crippen LogP contribution in [0.4, 0.5) is 11.4 Å². The van der Waals surface area contributed by atoms with E-state index in [9.17, 15) is 14.9 Å². The van der Waals surface area contributed by atoms with Gasteiger partial charge in [0.05, 0.1) is 11.5 Å². The Morgan fingerprint density at radius 2 is 2.14 bits per heavy atom. The number of rotatable bonds is 9. The first-order valence-electron chi connectivity index (χ1n) is 6.92. The molecule has 0 aromatic heterocycles. The van der Waals surface area contributed by atoms with Gasteiger partial charge < -0.3 is 15.4 Å². The molecule has 0 aliphatic rings. The summed E-state index contributed by atoms with van der Waals surface area (Å²) in [5.41, 5.74) is 0.512. The number of unbranched alkanes of at least 4 members (excludes halogenated alkanes) is 1. The Hall–Kier alpha value is -2.15. The molecule has 0 atom stereocenters. The van der Waals surface area contributed by atoms with Gasteiger partial charge in [0, 0.05) is 31.8 Å². The van der Waals surface area contributed by atoms with Gasteiger partial charge in [-0.2, -0.15) is 0 Å². The van der Waals surface area contributed by atoms with Gasteiger partial charge in [0.15, 0.2) is 0 Å².